The number of fused-ring (bicyclic) bond motifs is 1. The van der Waals surface area contributed by atoms with Crippen molar-refractivity contribution in [1.29, 1.82) is 0 Å². The summed E-state index contributed by atoms with van der Waals surface area (Å²) >= 11 is 0. The summed E-state index contributed by atoms with van der Waals surface area (Å²) in [4.78, 5) is 25.9. The van der Waals surface area contributed by atoms with Gasteiger partial charge in [0.1, 0.15) is 17.7 Å². The Morgan fingerprint density at radius 3 is 2.62 bits per heavy atom. The van der Waals surface area contributed by atoms with E-state index in [2.05, 4.69) is 10.6 Å². The van der Waals surface area contributed by atoms with Gasteiger partial charge in [-0.2, -0.15) is 14.3 Å². The molecule has 1 saturated carbocycles. The Balaban J connectivity index is 2.05. The zero-order chi connectivity index (χ0) is 19.3. The number of carbonyl (C=O) groups is 2. The summed E-state index contributed by atoms with van der Waals surface area (Å²) in [5, 5.41) is 8.82. The van der Waals surface area contributed by atoms with Crippen molar-refractivity contribution in [3.05, 3.63) is 23.1 Å². The normalized spacial score (nSPS) is 25.3. The van der Waals surface area contributed by atoms with Gasteiger partial charge >= 0.3 is 11.9 Å². The molecule has 2 atom stereocenters. The first-order valence-corrected chi connectivity index (χ1v) is 9.64. The highest BCUT2D eigenvalue weighted by Crippen LogP contribution is 2.36. The molecule has 3 amide bonds. The molecule has 0 saturated heterocycles. The van der Waals surface area contributed by atoms with Crippen LogP contribution in [-0.4, -0.2) is 59.3 Å². The molecule has 8 nitrogen and oxygen atoms in total. The highest BCUT2D eigenvalue weighted by Gasteiger charge is 2.48. The van der Waals surface area contributed by atoms with Crippen molar-refractivity contribution < 1.29 is 27.7 Å². The number of sulfonamides is 1. The average Bonchev–Trinajstić information content (AvgIpc) is 3.29. The molecule has 1 heterocycles. The monoisotopic (exact) mass is 378 g/mol. The number of urea groups is 1. The van der Waals surface area contributed by atoms with E-state index in [9.17, 15) is 18.0 Å². The number of nitrogens with zero attached hydrogens (tertiary/aromatic N) is 2. The Morgan fingerprint density at radius 1 is 1.38 bits per heavy atom. The number of imide groups is 1. The Morgan fingerprint density at radius 2 is 2.04 bits per heavy atom. The minimum atomic E-state index is -3.76. The Bertz CT molecular complexity index is 945. The van der Waals surface area contributed by atoms with Gasteiger partial charge in [-0.15, -0.1) is 0 Å². The Hall–Kier alpha value is -2.44. The van der Waals surface area contributed by atoms with Crippen LogP contribution in [0.15, 0.2) is 23.1 Å². The number of nitrogens with one attached hydrogen (secondary N) is 1. The summed E-state index contributed by atoms with van der Waals surface area (Å²) in [6.45, 7) is 3.43. The maximum Gasteiger partial charge on any atom is 0.501 e. The van der Waals surface area contributed by atoms with E-state index in [1.807, 2.05) is 6.92 Å². The van der Waals surface area contributed by atoms with Crippen molar-refractivity contribution >= 4 is 27.7 Å². The van der Waals surface area contributed by atoms with Crippen LogP contribution in [0, 0.1) is 17.9 Å². The maximum atomic E-state index is 12.6. The molecule has 3 aliphatic rings. The molecule has 0 spiro atoms. The van der Waals surface area contributed by atoms with Crippen LogP contribution in [0.1, 0.15) is 26.7 Å². The molecule has 9 heteroatoms. The van der Waals surface area contributed by atoms with Gasteiger partial charge in [-0.3, -0.25) is 0 Å². The fourth-order valence-corrected chi connectivity index (χ4v) is 4.51. The van der Waals surface area contributed by atoms with Crippen LogP contribution in [-0.2, 0) is 14.8 Å². The third-order valence-corrected chi connectivity index (χ3v) is 6.44. The van der Waals surface area contributed by atoms with E-state index in [1.165, 1.54) is 29.9 Å². The molecule has 2 aliphatic carbocycles. The number of amides is 3. The van der Waals surface area contributed by atoms with E-state index in [0.29, 0.717) is 5.71 Å². The van der Waals surface area contributed by atoms with Crippen molar-refractivity contribution in [2.24, 2.45) is 5.92 Å². The first-order chi connectivity index (χ1) is 12.1. The van der Waals surface area contributed by atoms with Crippen molar-refractivity contribution in [1.82, 2.24) is 9.62 Å². The van der Waals surface area contributed by atoms with Gasteiger partial charge in [0.25, 0.3) is 0 Å². The van der Waals surface area contributed by atoms with Crippen LogP contribution < -0.4 is 4.72 Å². The Labute approximate surface area is 151 Å². The predicted octanol–water partition coefficient (Wildman–Crippen LogP) is 0.296. The SMILES string of the molecule is C[C@@H](C#CO)[N+]1=C2C=CC(S(=O)(=O)NC3(C)CC3)=CC2C(=O)N(C)C1=O. The second kappa shape index (κ2) is 6.07. The summed E-state index contributed by atoms with van der Waals surface area (Å²) in [5.41, 5.74) is -0.0945. The number of hydrogen-bond donors (Lipinski definition) is 2. The van der Waals surface area contributed by atoms with Gasteiger partial charge in [0.05, 0.1) is 12.0 Å². The van der Waals surface area contributed by atoms with E-state index >= 15 is 0 Å². The number of allylic oxidation sites excluding steroid dienone is 2. The number of rotatable bonds is 4. The lowest BCUT2D eigenvalue weighted by Crippen LogP contribution is -2.55. The molecule has 2 N–H and O–H groups in total. The molecule has 0 aromatic heterocycles. The second-order valence-electron chi connectivity index (χ2n) is 6.95. The molecular weight excluding hydrogens is 358 g/mol. The molecule has 26 heavy (non-hydrogen) atoms. The van der Waals surface area contributed by atoms with Gasteiger partial charge < -0.3 is 5.11 Å². The first kappa shape index (κ1) is 18.4. The van der Waals surface area contributed by atoms with E-state index in [1.54, 1.807) is 13.0 Å². The third-order valence-electron chi connectivity index (χ3n) is 4.79. The molecule has 138 valence electrons. The molecule has 3 rings (SSSR count). The van der Waals surface area contributed by atoms with Crippen molar-refractivity contribution in [2.45, 2.75) is 38.3 Å². The number of aliphatic hydroxyl groups excluding tert-OH is 1. The molecule has 0 radical (unpaired) electrons. The molecule has 1 aliphatic heterocycles. The minimum Gasteiger partial charge on any atom is -0.462 e. The standard InChI is InChI=1S/C17H19N3O5S/c1-11(6-9-21)20-14-5-4-12(26(24,25)18-17(2)7-8-17)10-13(14)15(22)19(3)16(20)23/h4-5,10-11,13,18H,7-8H2,1-3H3/p+1/t11-,13?/m0/s1. The fourth-order valence-electron chi connectivity index (χ4n) is 2.98. The quantitative estimate of drug-likeness (QED) is 0.540. The number of hydrogen-bond acceptors (Lipinski definition) is 5. The van der Waals surface area contributed by atoms with E-state index in [0.717, 1.165) is 17.7 Å². The predicted molar refractivity (Wildman–Crippen MR) is 93.0 cm³/mol. The van der Waals surface area contributed by atoms with Crippen LogP contribution in [0.25, 0.3) is 0 Å². The maximum absolute atomic E-state index is 12.6. The van der Waals surface area contributed by atoms with Gasteiger partial charge in [-0.05, 0) is 50.8 Å². The average molecular weight is 378 g/mol. The molecule has 1 unspecified atom stereocenters. The van der Waals surface area contributed by atoms with Crippen LogP contribution in [0.4, 0.5) is 4.79 Å². The summed E-state index contributed by atoms with van der Waals surface area (Å²) < 4.78 is 29.1. The van der Waals surface area contributed by atoms with Gasteiger partial charge in [0, 0.05) is 5.54 Å². The van der Waals surface area contributed by atoms with Gasteiger partial charge in [-0.25, -0.2) is 17.9 Å². The zero-order valence-corrected chi connectivity index (χ0v) is 15.5. The van der Waals surface area contributed by atoms with Crippen molar-refractivity contribution in [2.75, 3.05) is 7.05 Å². The second-order valence-corrected chi connectivity index (χ2v) is 8.64. The summed E-state index contributed by atoms with van der Waals surface area (Å²) in [6.07, 6.45) is 7.48. The van der Waals surface area contributed by atoms with Crippen LogP contribution in [0.3, 0.4) is 0 Å². The number of carbonyl (C=O) groups excluding carboxylic acids is 2. The highest BCUT2D eigenvalue weighted by molar-refractivity contribution is 7.93. The zero-order valence-electron chi connectivity index (χ0n) is 14.7. The van der Waals surface area contributed by atoms with Crippen LogP contribution in [0.5, 0.6) is 0 Å². The lowest BCUT2D eigenvalue weighted by Gasteiger charge is -2.27. The largest absolute Gasteiger partial charge is 0.501 e. The lowest BCUT2D eigenvalue weighted by molar-refractivity contribution is -0.461. The highest BCUT2D eigenvalue weighted by atomic mass is 32.2. The van der Waals surface area contributed by atoms with Crippen molar-refractivity contribution in [3.8, 4) is 12.0 Å². The summed E-state index contributed by atoms with van der Waals surface area (Å²) in [5.74, 6) is 1.03. The molecule has 1 fully saturated rings. The van der Waals surface area contributed by atoms with Gasteiger partial charge in [0.15, 0.2) is 6.04 Å². The molecular formula is C17H20N3O5S+. The molecule has 0 aromatic carbocycles. The number of aliphatic hydroxyl groups is 1. The lowest BCUT2D eigenvalue weighted by atomic mass is 9.94. The third kappa shape index (κ3) is 3.06. The van der Waals surface area contributed by atoms with E-state index in [-0.39, 0.29) is 4.91 Å². The van der Waals surface area contributed by atoms with Gasteiger partial charge in [-0.1, -0.05) is 0 Å². The summed E-state index contributed by atoms with van der Waals surface area (Å²) in [7, 11) is -2.43. The van der Waals surface area contributed by atoms with Crippen LogP contribution >= 0.6 is 0 Å². The topological polar surface area (TPSA) is 107 Å². The smallest absolute Gasteiger partial charge is 0.462 e. The van der Waals surface area contributed by atoms with Crippen molar-refractivity contribution in [3.63, 3.8) is 0 Å². The molecule has 0 bridgehead atoms. The van der Waals surface area contributed by atoms with E-state index in [4.69, 9.17) is 5.11 Å². The minimum absolute atomic E-state index is 0.00341. The molecule has 0 aromatic rings. The van der Waals surface area contributed by atoms with E-state index < -0.39 is 39.5 Å². The fraction of sp³-hybridized carbons (Fsp3) is 0.471. The first-order valence-electron chi connectivity index (χ1n) is 8.16. The Kier molecular flexibility index (Phi) is 4.29. The summed E-state index contributed by atoms with van der Waals surface area (Å²) in [6, 6.07) is -1.26. The van der Waals surface area contributed by atoms with Crippen LogP contribution in [0.2, 0.25) is 0 Å². The van der Waals surface area contributed by atoms with Gasteiger partial charge in [0.2, 0.25) is 10.0 Å².